The summed E-state index contributed by atoms with van der Waals surface area (Å²) in [6.07, 6.45) is 1.19. The predicted molar refractivity (Wildman–Crippen MR) is 68.5 cm³/mol. The van der Waals surface area contributed by atoms with Gasteiger partial charge in [0.05, 0.1) is 0 Å². The van der Waals surface area contributed by atoms with E-state index in [-0.39, 0.29) is 0 Å². The van der Waals surface area contributed by atoms with E-state index < -0.39 is 0 Å². The van der Waals surface area contributed by atoms with Crippen LogP contribution in [0.1, 0.15) is 38.3 Å². The van der Waals surface area contributed by atoms with E-state index in [9.17, 15) is 0 Å². The van der Waals surface area contributed by atoms with Crippen LogP contribution in [0.25, 0.3) is 0 Å². The summed E-state index contributed by atoms with van der Waals surface area (Å²) < 4.78 is 0. The molecule has 0 fully saturated rings. The molecule has 1 aromatic rings. The van der Waals surface area contributed by atoms with Gasteiger partial charge in [0.15, 0.2) is 0 Å². The van der Waals surface area contributed by atoms with E-state index in [4.69, 9.17) is 0 Å². The van der Waals surface area contributed by atoms with Crippen molar-refractivity contribution in [3.05, 3.63) is 29.3 Å². The Hall–Kier alpha value is -0.980. The Labute approximate surface area is 93.9 Å². The molecule has 1 rings (SSSR count). The monoisotopic (exact) mass is 205 g/mol. The molecule has 1 nitrogen and oxygen atoms in total. The predicted octanol–water partition coefficient (Wildman–Crippen LogP) is 4.15. The van der Waals surface area contributed by atoms with Crippen LogP contribution in [-0.4, -0.2) is 6.54 Å². The van der Waals surface area contributed by atoms with Crippen molar-refractivity contribution in [2.45, 2.75) is 41.0 Å². The van der Waals surface area contributed by atoms with Crippen molar-refractivity contribution in [3.8, 4) is 0 Å². The average molecular weight is 205 g/mol. The van der Waals surface area contributed by atoms with Crippen molar-refractivity contribution in [1.29, 1.82) is 0 Å². The molecule has 0 unspecified atom stereocenters. The molecule has 0 heterocycles. The second-order valence-electron chi connectivity index (χ2n) is 5.56. The number of hydrogen-bond acceptors (Lipinski definition) is 1. The first kappa shape index (κ1) is 12.1. The summed E-state index contributed by atoms with van der Waals surface area (Å²) in [5.74, 6) is 0. The van der Waals surface area contributed by atoms with E-state index in [2.05, 4.69) is 58.1 Å². The topological polar surface area (TPSA) is 12.0 Å². The summed E-state index contributed by atoms with van der Waals surface area (Å²) in [7, 11) is 0. The second kappa shape index (κ2) is 4.69. The minimum Gasteiger partial charge on any atom is -0.385 e. The molecular weight excluding hydrogens is 182 g/mol. The van der Waals surface area contributed by atoms with E-state index in [0.717, 1.165) is 6.54 Å². The van der Waals surface area contributed by atoms with Gasteiger partial charge in [-0.25, -0.2) is 0 Å². The molecular formula is C14H23N. The number of nitrogens with one attached hydrogen (secondary N) is 1. The summed E-state index contributed by atoms with van der Waals surface area (Å²) in [4.78, 5) is 0. The molecule has 0 aliphatic rings. The number of hydrogen-bond donors (Lipinski definition) is 1. The van der Waals surface area contributed by atoms with Gasteiger partial charge in [-0.05, 0) is 37.3 Å². The zero-order chi connectivity index (χ0) is 11.5. The third kappa shape index (κ3) is 4.37. The van der Waals surface area contributed by atoms with Crippen LogP contribution >= 0.6 is 0 Å². The zero-order valence-electron chi connectivity index (χ0n) is 10.6. The molecule has 0 aliphatic heterocycles. The van der Waals surface area contributed by atoms with Gasteiger partial charge in [0, 0.05) is 12.2 Å². The number of aryl methyl sites for hydroxylation is 2. The molecule has 1 heteroatoms. The van der Waals surface area contributed by atoms with Crippen molar-refractivity contribution >= 4 is 5.69 Å². The molecule has 1 aromatic carbocycles. The Morgan fingerprint density at radius 2 is 1.80 bits per heavy atom. The maximum absolute atomic E-state index is 3.50. The molecule has 0 saturated heterocycles. The maximum Gasteiger partial charge on any atom is 0.0370 e. The minimum atomic E-state index is 0.408. The molecule has 0 amide bonds. The lowest BCUT2D eigenvalue weighted by Crippen LogP contribution is -2.13. The highest BCUT2D eigenvalue weighted by Gasteiger charge is 2.09. The van der Waals surface area contributed by atoms with Gasteiger partial charge in [-0.3, -0.25) is 0 Å². The molecule has 0 aromatic heterocycles. The van der Waals surface area contributed by atoms with Gasteiger partial charge in [-0.1, -0.05) is 38.5 Å². The van der Waals surface area contributed by atoms with Gasteiger partial charge in [-0.2, -0.15) is 0 Å². The standard InChI is InChI=1S/C14H23N/c1-11-6-7-13(12(2)10-11)15-9-8-14(3,4)5/h6-7,10,15H,8-9H2,1-5H3. The summed E-state index contributed by atoms with van der Waals surface area (Å²) in [6, 6.07) is 6.55. The van der Waals surface area contributed by atoms with Gasteiger partial charge in [0.2, 0.25) is 0 Å². The molecule has 0 radical (unpaired) electrons. The second-order valence-corrected chi connectivity index (χ2v) is 5.56. The first-order valence-electron chi connectivity index (χ1n) is 5.70. The van der Waals surface area contributed by atoms with E-state index in [1.54, 1.807) is 0 Å². The fourth-order valence-corrected chi connectivity index (χ4v) is 1.58. The van der Waals surface area contributed by atoms with E-state index in [1.807, 2.05) is 0 Å². The minimum absolute atomic E-state index is 0.408. The summed E-state index contributed by atoms with van der Waals surface area (Å²) in [5.41, 5.74) is 4.34. The lowest BCUT2D eigenvalue weighted by Gasteiger charge is -2.19. The highest BCUT2D eigenvalue weighted by atomic mass is 14.9. The summed E-state index contributed by atoms with van der Waals surface area (Å²) in [6.45, 7) is 12.2. The van der Waals surface area contributed by atoms with Gasteiger partial charge in [-0.15, -0.1) is 0 Å². The quantitative estimate of drug-likeness (QED) is 0.781. The molecule has 1 N–H and O–H groups in total. The van der Waals surface area contributed by atoms with Crippen LogP contribution in [0.3, 0.4) is 0 Å². The number of benzene rings is 1. The first-order valence-corrected chi connectivity index (χ1v) is 5.70. The highest BCUT2D eigenvalue weighted by Crippen LogP contribution is 2.20. The van der Waals surface area contributed by atoms with E-state index in [0.29, 0.717) is 5.41 Å². The van der Waals surface area contributed by atoms with Crippen LogP contribution in [0.4, 0.5) is 5.69 Å². The van der Waals surface area contributed by atoms with Gasteiger partial charge in [0.1, 0.15) is 0 Å². The Balaban J connectivity index is 2.51. The summed E-state index contributed by atoms with van der Waals surface area (Å²) >= 11 is 0. The van der Waals surface area contributed by atoms with Gasteiger partial charge >= 0.3 is 0 Å². The molecule has 0 atom stereocenters. The van der Waals surface area contributed by atoms with Gasteiger partial charge < -0.3 is 5.32 Å². The van der Waals surface area contributed by atoms with Crippen molar-refractivity contribution < 1.29 is 0 Å². The molecule has 0 saturated carbocycles. The zero-order valence-corrected chi connectivity index (χ0v) is 10.6. The lowest BCUT2D eigenvalue weighted by molar-refractivity contribution is 0.390. The molecule has 0 aliphatic carbocycles. The number of anilines is 1. The highest BCUT2D eigenvalue weighted by molar-refractivity contribution is 5.51. The maximum atomic E-state index is 3.50. The fourth-order valence-electron chi connectivity index (χ4n) is 1.58. The third-order valence-electron chi connectivity index (χ3n) is 2.57. The normalized spacial score (nSPS) is 11.5. The van der Waals surface area contributed by atoms with E-state index >= 15 is 0 Å². The Kier molecular flexibility index (Phi) is 3.78. The lowest BCUT2D eigenvalue weighted by atomic mass is 9.92. The van der Waals surface area contributed by atoms with Crippen LogP contribution in [0.15, 0.2) is 18.2 Å². The Morgan fingerprint density at radius 1 is 1.13 bits per heavy atom. The van der Waals surface area contributed by atoms with Crippen LogP contribution in [0.5, 0.6) is 0 Å². The summed E-state index contributed by atoms with van der Waals surface area (Å²) in [5, 5.41) is 3.50. The van der Waals surface area contributed by atoms with Gasteiger partial charge in [0.25, 0.3) is 0 Å². The average Bonchev–Trinajstić information content (AvgIpc) is 2.07. The molecule has 15 heavy (non-hydrogen) atoms. The van der Waals surface area contributed by atoms with Crippen molar-refractivity contribution in [3.63, 3.8) is 0 Å². The Morgan fingerprint density at radius 3 is 2.33 bits per heavy atom. The van der Waals surface area contributed by atoms with Crippen molar-refractivity contribution in [2.75, 3.05) is 11.9 Å². The Bertz CT molecular complexity index is 321. The van der Waals surface area contributed by atoms with Crippen LogP contribution in [0.2, 0.25) is 0 Å². The smallest absolute Gasteiger partial charge is 0.0370 e. The van der Waals surface area contributed by atoms with Crippen LogP contribution < -0.4 is 5.32 Å². The van der Waals surface area contributed by atoms with Crippen molar-refractivity contribution in [2.24, 2.45) is 5.41 Å². The van der Waals surface area contributed by atoms with Crippen LogP contribution in [-0.2, 0) is 0 Å². The fraction of sp³-hybridized carbons (Fsp3) is 0.571. The third-order valence-corrected chi connectivity index (χ3v) is 2.57. The largest absolute Gasteiger partial charge is 0.385 e. The van der Waals surface area contributed by atoms with E-state index in [1.165, 1.54) is 23.2 Å². The molecule has 0 bridgehead atoms. The molecule has 84 valence electrons. The van der Waals surface area contributed by atoms with Crippen molar-refractivity contribution in [1.82, 2.24) is 0 Å². The van der Waals surface area contributed by atoms with Crippen LogP contribution in [0, 0.1) is 19.3 Å². The number of rotatable bonds is 3. The first-order chi connectivity index (χ1) is 6.88. The molecule has 0 spiro atoms. The SMILES string of the molecule is Cc1ccc(NCCC(C)(C)C)c(C)c1.